The van der Waals surface area contributed by atoms with Gasteiger partial charge in [0.15, 0.2) is 6.04 Å². The number of rotatable bonds is 6. The minimum absolute atomic E-state index is 0.103. The Morgan fingerprint density at radius 3 is 2.29 bits per heavy atom. The Labute approximate surface area is 124 Å². The van der Waals surface area contributed by atoms with Gasteiger partial charge in [-0.2, -0.15) is 0 Å². The van der Waals surface area contributed by atoms with Crippen LogP contribution in [-0.2, 0) is 16.1 Å². The van der Waals surface area contributed by atoms with Gasteiger partial charge in [0.2, 0.25) is 0 Å². The van der Waals surface area contributed by atoms with Crippen LogP contribution in [0.2, 0.25) is 0 Å². The maximum atomic E-state index is 12.2. The minimum atomic E-state index is -1.12. The monoisotopic (exact) mass is 291 g/mol. The second-order valence-corrected chi connectivity index (χ2v) is 5.13. The van der Waals surface area contributed by atoms with Crippen molar-refractivity contribution in [3.8, 4) is 0 Å². The molecule has 0 bridgehead atoms. The van der Waals surface area contributed by atoms with E-state index in [2.05, 4.69) is 6.58 Å². The lowest BCUT2D eigenvalue weighted by molar-refractivity contribution is -0.141. The van der Waals surface area contributed by atoms with E-state index in [0.717, 1.165) is 5.56 Å². The molecule has 0 aromatic heterocycles. The highest BCUT2D eigenvalue weighted by Gasteiger charge is 2.33. The fourth-order valence-corrected chi connectivity index (χ4v) is 1.98. The van der Waals surface area contributed by atoms with Gasteiger partial charge in [0.1, 0.15) is 6.61 Å². The number of benzene rings is 1. The van der Waals surface area contributed by atoms with Crippen LogP contribution in [0.5, 0.6) is 0 Å². The lowest BCUT2D eigenvalue weighted by atomic mass is 10.1. The summed E-state index contributed by atoms with van der Waals surface area (Å²) in [6, 6.07) is 7.82. The first-order valence-corrected chi connectivity index (χ1v) is 6.71. The molecule has 0 radical (unpaired) electrons. The second-order valence-electron chi connectivity index (χ2n) is 5.13. The van der Waals surface area contributed by atoms with Crippen molar-refractivity contribution in [2.75, 3.05) is 0 Å². The van der Waals surface area contributed by atoms with Gasteiger partial charge < -0.3 is 9.84 Å². The Balaban J connectivity index is 2.82. The van der Waals surface area contributed by atoms with Gasteiger partial charge in [0.25, 0.3) is 0 Å². The molecular weight excluding hydrogens is 270 g/mol. The highest BCUT2D eigenvalue weighted by Crippen LogP contribution is 2.16. The first-order valence-electron chi connectivity index (χ1n) is 6.71. The normalized spacial score (nSPS) is 11.8. The Morgan fingerprint density at radius 2 is 1.86 bits per heavy atom. The maximum absolute atomic E-state index is 12.2. The molecular formula is C16H21NO4. The molecule has 1 N–H and O–H groups in total. The number of amides is 1. The molecule has 1 aromatic rings. The Kier molecular flexibility index (Phi) is 5.96. The summed E-state index contributed by atoms with van der Waals surface area (Å²) in [5.74, 6) is -1.12. The average Bonchev–Trinajstić information content (AvgIpc) is 2.41. The third-order valence-electron chi connectivity index (χ3n) is 2.95. The smallest absolute Gasteiger partial charge is 0.411 e. The van der Waals surface area contributed by atoms with Crippen molar-refractivity contribution in [2.45, 2.75) is 39.5 Å². The van der Waals surface area contributed by atoms with Crippen molar-refractivity contribution >= 4 is 12.1 Å². The summed E-state index contributed by atoms with van der Waals surface area (Å²) < 4.78 is 5.22. The van der Waals surface area contributed by atoms with Crippen LogP contribution in [0.4, 0.5) is 4.79 Å². The fourth-order valence-electron chi connectivity index (χ4n) is 1.98. The van der Waals surface area contributed by atoms with Crippen molar-refractivity contribution < 1.29 is 19.4 Å². The van der Waals surface area contributed by atoms with Crippen LogP contribution in [0, 0.1) is 0 Å². The van der Waals surface area contributed by atoms with Gasteiger partial charge in [-0.05, 0) is 31.9 Å². The van der Waals surface area contributed by atoms with E-state index in [1.54, 1.807) is 20.8 Å². The van der Waals surface area contributed by atoms with Gasteiger partial charge in [-0.15, -0.1) is 0 Å². The number of carboxylic acid groups (broad SMARTS) is 1. The number of ether oxygens (including phenoxy) is 1. The van der Waals surface area contributed by atoms with Gasteiger partial charge in [-0.1, -0.05) is 36.9 Å². The molecule has 21 heavy (non-hydrogen) atoms. The summed E-state index contributed by atoms with van der Waals surface area (Å²) in [5, 5.41) is 9.29. The SMILES string of the molecule is C=C(C)C(C(=O)O)N(C(=O)OCc1ccccc1)C(C)C. The van der Waals surface area contributed by atoms with Crippen molar-refractivity contribution in [3.05, 3.63) is 48.0 Å². The molecule has 0 saturated heterocycles. The summed E-state index contributed by atoms with van der Waals surface area (Å²) >= 11 is 0. The van der Waals surface area contributed by atoms with E-state index in [0.29, 0.717) is 5.57 Å². The number of aliphatic carboxylic acids is 1. The van der Waals surface area contributed by atoms with Gasteiger partial charge >= 0.3 is 12.1 Å². The van der Waals surface area contributed by atoms with Crippen LogP contribution in [0.1, 0.15) is 26.3 Å². The lowest BCUT2D eigenvalue weighted by Crippen LogP contribution is -2.49. The van der Waals surface area contributed by atoms with Crippen molar-refractivity contribution in [2.24, 2.45) is 0 Å². The standard InChI is InChI=1S/C16H21NO4/c1-11(2)14(15(18)19)17(12(3)4)16(20)21-10-13-8-6-5-7-9-13/h5-9,12,14H,1,10H2,2-4H3,(H,18,19). The molecule has 0 aliphatic heterocycles. The van der Waals surface area contributed by atoms with Gasteiger partial charge in [-0.3, -0.25) is 4.90 Å². The molecule has 1 unspecified atom stereocenters. The van der Waals surface area contributed by atoms with E-state index in [1.807, 2.05) is 30.3 Å². The van der Waals surface area contributed by atoms with Crippen LogP contribution >= 0.6 is 0 Å². The molecule has 114 valence electrons. The van der Waals surface area contributed by atoms with Gasteiger partial charge in [0.05, 0.1) is 0 Å². The Morgan fingerprint density at radius 1 is 1.29 bits per heavy atom. The summed E-state index contributed by atoms with van der Waals surface area (Å²) in [6.07, 6.45) is -0.663. The van der Waals surface area contributed by atoms with Crippen molar-refractivity contribution in [3.63, 3.8) is 0 Å². The van der Waals surface area contributed by atoms with Crippen LogP contribution in [0.3, 0.4) is 0 Å². The van der Waals surface area contributed by atoms with Crippen LogP contribution in [0.15, 0.2) is 42.5 Å². The highest BCUT2D eigenvalue weighted by molar-refractivity contribution is 5.83. The van der Waals surface area contributed by atoms with Crippen LogP contribution in [0.25, 0.3) is 0 Å². The number of hydrogen-bond donors (Lipinski definition) is 1. The van der Waals surface area contributed by atoms with E-state index in [-0.39, 0.29) is 12.6 Å². The Bertz CT molecular complexity index is 496. The highest BCUT2D eigenvalue weighted by atomic mass is 16.6. The summed E-state index contributed by atoms with van der Waals surface area (Å²) in [5.41, 5.74) is 1.23. The second kappa shape index (κ2) is 7.47. The molecule has 1 atom stereocenters. The zero-order chi connectivity index (χ0) is 16.0. The number of carboxylic acids is 1. The molecule has 5 heteroatoms. The first-order chi connectivity index (χ1) is 9.84. The lowest BCUT2D eigenvalue weighted by Gasteiger charge is -2.31. The first kappa shape index (κ1) is 16.8. The van der Waals surface area contributed by atoms with E-state index in [9.17, 15) is 14.7 Å². The zero-order valence-corrected chi connectivity index (χ0v) is 12.6. The fraction of sp³-hybridized carbons (Fsp3) is 0.375. The van der Waals surface area contributed by atoms with Gasteiger partial charge in [-0.25, -0.2) is 9.59 Å². The molecule has 0 heterocycles. The van der Waals surface area contributed by atoms with Gasteiger partial charge in [0, 0.05) is 6.04 Å². The van der Waals surface area contributed by atoms with Crippen molar-refractivity contribution in [1.82, 2.24) is 4.90 Å². The predicted octanol–water partition coefficient (Wildman–Crippen LogP) is 3.06. The third-order valence-corrected chi connectivity index (χ3v) is 2.95. The zero-order valence-electron chi connectivity index (χ0n) is 12.6. The van der Waals surface area contributed by atoms with E-state index in [1.165, 1.54) is 4.90 Å². The largest absolute Gasteiger partial charge is 0.479 e. The number of nitrogens with zero attached hydrogens (tertiary/aromatic N) is 1. The summed E-state index contributed by atoms with van der Waals surface area (Å²) in [7, 11) is 0. The summed E-state index contributed by atoms with van der Waals surface area (Å²) in [4.78, 5) is 24.8. The average molecular weight is 291 g/mol. The number of carbonyl (C=O) groups is 2. The quantitative estimate of drug-likeness (QED) is 0.818. The molecule has 0 aliphatic carbocycles. The molecule has 0 aliphatic rings. The predicted molar refractivity (Wildman–Crippen MR) is 79.8 cm³/mol. The van der Waals surface area contributed by atoms with E-state index >= 15 is 0 Å². The molecule has 1 amide bonds. The van der Waals surface area contributed by atoms with Crippen LogP contribution in [-0.4, -0.2) is 34.2 Å². The third kappa shape index (κ3) is 4.63. The maximum Gasteiger partial charge on any atom is 0.411 e. The number of hydrogen-bond acceptors (Lipinski definition) is 3. The topological polar surface area (TPSA) is 66.8 Å². The molecule has 0 fully saturated rings. The van der Waals surface area contributed by atoms with E-state index < -0.39 is 18.1 Å². The summed E-state index contributed by atoms with van der Waals surface area (Å²) in [6.45, 7) is 8.81. The Hall–Kier alpha value is -2.30. The molecule has 0 spiro atoms. The molecule has 5 nitrogen and oxygen atoms in total. The van der Waals surface area contributed by atoms with Crippen LogP contribution < -0.4 is 0 Å². The minimum Gasteiger partial charge on any atom is -0.479 e. The number of carbonyl (C=O) groups excluding carboxylic acids is 1. The molecule has 0 saturated carbocycles. The molecule has 1 rings (SSSR count). The molecule has 1 aromatic carbocycles. The van der Waals surface area contributed by atoms with E-state index in [4.69, 9.17) is 4.74 Å². The van der Waals surface area contributed by atoms with Crippen molar-refractivity contribution in [1.29, 1.82) is 0 Å².